The summed E-state index contributed by atoms with van der Waals surface area (Å²) in [5.41, 5.74) is 0.333. The molecule has 94 valence electrons. The molecular weight excluding hydrogens is 264 g/mol. The van der Waals surface area contributed by atoms with Gasteiger partial charge in [-0.05, 0) is 24.6 Å². The minimum absolute atomic E-state index is 0.209. The van der Waals surface area contributed by atoms with Crippen molar-refractivity contribution in [3.63, 3.8) is 0 Å². The smallest absolute Gasteiger partial charge is 0.266 e. The highest BCUT2D eigenvalue weighted by Crippen LogP contribution is 1.99. The van der Waals surface area contributed by atoms with E-state index in [0.717, 1.165) is 21.4 Å². The maximum atomic E-state index is 12.1. The number of rotatable bonds is 1. The fourth-order valence-corrected chi connectivity index (χ4v) is 2.50. The number of fused-ring (bicyclic) bond motifs is 1. The van der Waals surface area contributed by atoms with Crippen LogP contribution in [0, 0.1) is 6.92 Å². The summed E-state index contributed by atoms with van der Waals surface area (Å²) in [5.74, 6) is 0. The minimum Gasteiger partial charge on any atom is -0.266 e. The highest BCUT2D eigenvalue weighted by molar-refractivity contribution is 7.15. The van der Waals surface area contributed by atoms with Gasteiger partial charge < -0.3 is 0 Å². The van der Waals surface area contributed by atoms with Gasteiger partial charge in [-0.1, -0.05) is 17.4 Å². The Balaban J connectivity index is 2.33. The molecule has 0 aliphatic heterocycles. The SMILES string of the molecule is Cc1nn2c(=O)/c(=C/c3cccnc3)sc2nc1=O. The zero-order valence-electron chi connectivity index (χ0n) is 9.90. The van der Waals surface area contributed by atoms with E-state index in [1.807, 2.05) is 6.07 Å². The first-order chi connectivity index (χ1) is 9.15. The van der Waals surface area contributed by atoms with Gasteiger partial charge in [0.1, 0.15) is 5.69 Å². The maximum absolute atomic E-state index is 12.1. The molecule has 0 saturated carbocycles. The fraction of sp³-hybridized carbons (Fsp3) is 0.0833. The van der Waals surface area contributed by atoms with Crippen LogP contribution in [0.25, 0.3) is 11.0 Å². The third-order valence-electron chi connectivity index (χ3n) is 2.52. The molecule has 3 rings (SSSR count). The molecule has 0 aliphatic carbocycles. The Kier molecular flexibility index (Phi) is 2.68. The second-order valence-corrected chi connectivity index (χ2v) is 4.91. The van der Waals surface area contributed by atoms with Gasteiger partial charge in [0.25, 0.3) is 11.1 Å². The van der Waals surface area contributed by atoms with Crippen LogP contribution in [0.15, 0.2) is 34.1 Å². The van der Waals surface area contributed by atoms with E-state index >= 15 is 0 Å². The Hall–Kier alpha value is -2.41. The average Bonchev–Trinajstić information content (AvgIpc) is 2.69. The Morgan fingerprint density at radius 1 is 1.37 bits per heavy atom. The van der Waals surface area contributed by atoms with Gasteiger partial charge in [0.15, 0.2) is 0 Å². The standard InChI is InChI=1S/C12H8N4O2S/c1-7-10(17)14-12-16(15-7)11(18)9(19-12)5-8-3-2-4-13-6-8/h2-6H,1H3/b9-5-. The Morgan fingerprint density at radius 2 is 2.21 bits per heavy atom. The molecule has 0 saturated heterocycles. The van der Waals surface area contributed by atoms with Gasteiger partial charge in [-0.15, -0.1) is 0 Å². The first-order valence-corrected chi connectivity index (χ1v) is 6.29. The monoisotopic (exact) mass is 272 g/mol. The molecule has 0 atom stereocenters. The normalized spacial score (nSPS) is 12.2. The van der Waals surface area contributed by atoms with Crippen molar-refractivity contribution in [3.8, 4) is 0 Å². The number of hydrogen-bond acceptors (Lipinski definition) is 6. The lowest BCUT2D eigenvalue weighted by atomic mass is 10.3. The number of pyridine rings is 1. The van der Waals surface area contributed by atoms with Gasteiger partial charge in [0.05, 0.1) is 4.53 Å². The van der Waals surface area contributed by atoms with E-state index in [1.54, 1.807) is 24.5 Å². The summed E-state index contributed by atoms with van der Waals surface area (Å²) >= 11 is 1.14. The van der Waals surface area contributed by atoms with Crippen LogP contribution >= 0.6 is 11.3 Å². The van der Waals surface area contributed by atoms with Crippen LogP contribution in [-0.2, 0) is 0 Å². The van der Waals surface area contributed by atoms with Crippen LogP contribution < -0.4 is 15.7 Å². The molecule has 7 heteroatoms. The van der Waals surface area contributed by atoms with Crippen molar-refractivity contribution >= 4 is 22.4 Å². The molecule has 0 unspecified atom stereocenters. The van der Waals surface area contributed by atoms with Crippen LogP contribution in [0.1, 0.15) is 11.3 Å². The number of aryl methyl sites for hydroxylation is 1. The predicted molar refractivity (Wildman–Crippen MR) is 71.2 cm³/mol. The summed E-state index contributed by atoms with van der Waals surface area (Å²) < 4.78 is 1.63. The molecular formula is C12H8N4O2S. The Morgan fingerprint density at radius 3 is 2.95 bits per heavy atom. The third kappa shape index (κ3) is 2.04. The fourth-order valence-electron chi connectivity index (χ4n) is 1.60. The van der Waals surface area contributed by atoms with Crippen molar-refractivity contribution in [2.75, 3.05) is 0 Å². The van der Waals surface area contributed by atoms with E-state index in [9.17, 15) is 9.59 Å². The Labute approximate surface area is 110 Å². The van der Waals surface area contributed by atoms with Gasteiger partial charge in [0.2, 0.25) is 4.96 Å². The van der Waals surface area contributed by atoms with E-state index in [4.69, 9.17) is 0 Å². The quantitative estimate of drug-likeness (QED) is 0.611. The van der Waals surface area contributed by atoms with Crippen LogP contribution in [0.2, 0.25) is 0 Å². The molecule has 0 radical (unpaired) electrons. The van der Waals surface area contributed by atoms with Gasteiger partial charge in [-0.25, -0.2) is 0 Å². The van der Waals surface area contributed by atoms with Crippen molar-refractivity contribution in [2.24, 2.45) is 0 Å². The topological polar surface area (TPSA) is 77.2 Å². The highest BCUT2D eigenvalue weighted by Gasteiger charge is 2.07. The number of thiazole rings is 1. The van der Waals surface area contributed by atoms with Crippen molar-refractivity contribution < 1.29 is 0 Å². The molecule has 0 spiro atoms. The van der Waals surface area contributed by atoms with Crippen molar-refractivity contribution in [2.45, 2.75) is 6.92 Å². The average molecular weight is 272 g/mol. The molecule has 0 N–H and O–H groups in total. The van der Waals surface area contributed by atoms with Gasteiger partial charge in [0, 0.05) is 12.4 Å². The summed E-state index contributed by atoms with van der Waals surface area (Å²) in [6.45, 7) is 1.53. The molecule has 3 aromatic heterocycles. The van der Waals surface area contributed by atoms with Gasteiger partial charge in [-0.2, -0.15) is 14.6 Å². The summed E-state index contributed by atoms with van der Waals surface area (Å²) in [6.07, 6.45) is 5.01. The molecule has 0 amide bonds. The van der Waals surface area contributed by atoms with E-state index in [1.165, 1.54) is 6.92 Å². The molecule has 0 bridgehead atoms. The molecule has 3 heterocycles. The first kappa shape index (κ1) is 11.7. The van der Waals surface area contributed by atoms with E-state index in [2.05, 4.69) is 15.1 Å². The molecule has 3 aromatic rings. The second-order valence-electron chi connectivity index (χ2n) is 3.90. The maximum Gasteiger partial charge on any atom is 0.295 e. The molecule has 0 aliphatic rings. The van der Waals surface area contributed by atoms with Crippen LogP contribution in [-0.4, -0.2) is 19.6 Å². The van der Waals surface area contributed by atoms with Crippen LogP contribution in [0.3, 0.4) is 0 Å². The lowest BCUT2D eigenvalue weighted by molar-refractivity contribution is 0.833. The van der Waals surface area contributed by atoms with Crippen molar-refractivity contribution in [1.82, 2.24) is 19.6 Å². The highest BCUT2D eigenvalue weighted by atomic mass is 32.1. The number of aromatic nitrogens is 4. The summed E-state index contributed by atoms with van der Waals surface area (Å²) in [6, 6.07) is 3.62. The largest absolute Gasteiger partial charge is 0.295 e. The third-order valence-corrected chi connectivity index (χ3v) is 3.48. The summed E-state index contributed by atoms with van der Waals surface area (Å²) in [5, 5.41) is 3.94. The summed E-state index contributed by atoms with van der Waals surface area (Å²) in [4.78, 5) is 31.6. The van der Waals surface area contributed by atoms with E-state index in [0.29, 0.717) is 9.49 Å². The molecule has 6 nitrogen and oxygen atoms in total. The minimum atomic E-state index is -0.408. The van der Waals surface area contributed by atoms with Gasteiger partial charge >= 0.3 is 0 Å². The second kappa shape index (κ2) is 4.36. The predicted octanol–water partition coefficient (Wildman–Crippen LogP) is -0.238. The lowest BCUT2D eigenvalue weighted by Gasteiger charge is -1.89. The first-order valence-electron chi connectivity index (χ1n) is 5.47. The van der Waals surface area contributed by atoms with E-state index in [-0.39, 0.29) is 11.3 Å². The van der Waals surface area contributed by atoms with E-state index < -0.39 is 5.56 Å². The van der Waals surface area contributed by atoms with Crippen molar-refractivity contribution in [3.05, 3.63) is 61.0 Å². The number of hydrogen-bond donors (Lipinski definition) is 0. The van der Waals surface area contributed by atoms with Crippen LogP contribution in [0.5, 0.6) is 0 Å². The molecule has 19 heavy (non-hydrogen) atoms. The molecule has 0 fully saturated rings. The number of nitrogens with zero attached hydrogens (tertiary/aromatic N) is 4. The lowest BCUT2D eigenvalue weighted by Crippen LogP contribution is -2.27. The zero-order chi connectivity index (χ0) is 13.4. The van der Waals surface area contributed by atoms with Crippen molar-refractivity contribution in [1.29, 1.82) is 0 Å². The summed E-state index contributed by atoms with van der Waals surface area (Å²) in [7, 11) is 0. The zero-order valence-corrected chi connectivity index (χ0v) is 10.7. The molecule has 0 aromatic carbocycles. The van der Waals surface area contributed by atoms with Crippen LogP contribution in [0.4, 0.5) is 0 Å². The van der Waals surface area contributed by atoms with Gasteiger partial charge in [-0.3, -0.25) is 14.6 Å². The Bertz CT molecular complexity index is 915.